The molecule has 0 rings (SSSR count). The maximum absolute atomic E-state index is 7.18. The lowest BCUT2D eigenvalue weighted by Gasteiger charge is -2.01. The smallest absolute Gasteiger partial charge is 0.0663 e. The zero-order valence-electron chi connectivity index (χ0n) is 4.90. The van der Waals surface area contributed by atoms with Crippen LogP contribution in [0.5, 0.6) is 0 Å². The van der Waals surface area contributed by atoms with Crippen LogP contribution in [0.25, 0.3) is 0 Å². The second kappa shape index (κ2) is 4.47. The van der Waals surface area contributed by atoms with Crippen LogP contribution in [-0.4, -0.2) is 11.1 Å². The Balaban J connectivity index is 2.83. The van der Waals surface area contributed by atoms with E-state index in [9.17, 15) is 0 Å². The first-order valence-corrected chi connectivity index (χ1v) is 3.68. The minimum atomic E-state index is 0.116. The van der Waals surface area contributed by atoms with Crippen molar-refractivity contribution in [3.63, 3.8) is 0 Å². The first-order valence-electron chi connectivity index (χ1n) is 2.64. The Morgan fingerprint density at radius 2 is 2.14 bits per heavy atom. The van der Waals surface area contributed by atoms with E-state index in [1.54, 1.807) is 11.8 Å². The summed E-state index contributed by atoms with van der Waals surface area (Å²) in [5.41, 5.74) is 7.18. The molecule has 0 saturated carbocycles. The van der Waals surface area contributed by atoms with Gasteiger partial charge in [-0.2, -0.15) is 0 Å². The summed E-state index contributed by atoms with van der Waals surface area (Å²) in [6, 6.07) is 0. The molecular weight excluding hydrogens is 106 g/mol. The number of rotatable bonds is 3. The predicted octanol–water partition coefficient (Wildman–Crippen LogP) is 1.76. The molecule has 2 heteroatoms. The van der Waals surface area contributed by atoms with Crippen molar-refractivity contribution in [1.29, 1.82) is 0 Å². The van der Waals surface area contributed by atoms with Crippen LogP contribution < -0.4 is 5.73 Å². The highest BCUT2D eigenvalue weighted by Gasteiger charge is 1.94. The summed E-state index contributed by atoms with van der Waals surface area (Å²) >= 11 is 1.70. The number of hydrogen-bond acceptors (Lipinski definition) is 1. The lowest BCUT2D eigenvalue weighted by Crippen LogP contribution is -1.99. The third kappa shape index (κ3) is 4.16. The van der Waals surface area contributed by atoms with Gasteiger partial charge < -0.3 is 0 Å². The normalized spacial score (nSPS) is 14.1. The van der Waals surface area contributed by atoms with E-state index in [1.807, 2.05) is 6.92 Å². The van der Waals surface area contributed by atoms with E-state index in [-0.39, 0.29) is 5.37 Å². The van der Waals surface area contributed by atoms with Gasteiger partial charge in [-0.3, -0.25) is 0 Å². The molecule has 0 aliphatic carbocycles. The molecule has 0 spiro atoms. The number of thioether (sulfide) groups is 1. The Morgan fingerprint density at radius 3 is 2.29 bits per heavy atom. The van der Waals surface area contributed by atoms with Crippen LogP contribution in [0.1, 0.15) is 20.3 Å². The summed E-state index contributed by atoms with van der Waals surface area (Å²) in [7, 11) is 0. The molecule has 1 radical (unpaired) electrons. The van der Waals surface area contributed by atoms with Gasteiger partial charge in [0.25, 0.3) is 0 Å². The molecule has 0 aliphatic rings. The highest BCUT2D eigenvalue weighted by atomic mass is 32.2. The van der Waals surface area contributed by atoms with E-state index in [0.717, 1.165) is 12.2 Å². The molecule has 0 aliphatic heterocycles. The summed E-state index contributed by atoms with van der Waals surface area (Å²) in [5.74, 6) is 1.07. The van der Waals surface area contributed by atoms with Crippen LogP contribution >= 0.6 is 11.8 Å². The Bertz CT molecular complexity index is 39.1. The SMILES string of the molecule is CCSC([NH])CC. The Hall–Kier alpha value is 0.310. The Labute approximate surface area is 49.7 Å². The third-order valence-electron chi connectivity index (χ3n) is 0.739. The van der Waals surface area contributed by atoms with Gasteiger partial charge >= 0.3 is 0 Å². The van der Waals surface area contributed by atoms with Gasteiger partial charge in [0.2, 0.25) is 0 Å². The fourth-order valence-corrected chi connectivity index (χ4v) is 0.957. The maximum Gasteiger partial charge on any atom is 0.0663 e. The molecular formula is C5H12NS. The third-order valence-corrected chi connectivity index (χ3v) is 1.81. The Morgan fingerprint density at radius 1 is 1.57 bits per heavy atom. The zero-order valence-corrected chi connectivity index (χ0v) is 5.72. The molecule has 0 aromatic carbocycles. The minimum absolute atomic E-state index is 0.116. The van der Waals surface area contributed by atoms with Crippen molar-refractivity contribution < 1.29 is 0 Å². The lowest BCUT2D eigenvalue weighted by atomic mass is 10.5. The molecule has 1 N–H and O–H groups in total. The van der Waals surface area contributed by atoms with Crippen molar-refractivity contribution in [1.82, 2.24) is 5.73 Å². The molecule has 0 fully saturated rings. The molecule has 0 aromatic rings. The van der Waals surface area contributed by atoms with E-state index in [4.69, 9.17) is 5.73 Å². The van der Waals surface area contributed by atoms with Crippen molar-refractivity contribution in [2.24, 2.45) is 0 Å². The quantitative estimate of drug-likeness (QED) is 0.554. The standard InChI is InChI=1S/C5H12NS/c1-3-5(6)7-4-2/h5-6H,3-4H2,1-2H3. The van der Waals surface area contributed by atoms with Gasteiger partial charge in [-0.1, -0.05) is 13.8 Å². The second-order valence-corrected chi connectivity index (χ2v) is 2.83. The Kier molecular flexibility index (Phi) is 4.67. The predicted molar refractivity (Wildman–Crippen MR) is 35.3 cm³/mol. The van der Waals surface area contributed by atoms with Gasteiger partial charge in [0.15, 0.2) is 0 Å². The highest BCUT2D eigenvalue weighted by Crippen LogP contribution is 2.07. The topological polar surface area (TPSA) is 23.8 Å². The highest BCUT2D eigenvalue weighted by molar-refractivity contribution is 7.99. The van der Waals surface area contributed by atoms with Crippen LogP contribution in [0.15, 0.2) is 0 Å². The summed E-state index contributed by atoms with van der Waals surface area (Å²) < 4.78 is 0. The zero-order chi connectivity index (χ0) is 5.70. The maximum atomic E-state index is 7.18. The van der Waals surface area contributed by atoms with Crippen LogP contribution in [0, 0.1) is 0 Å². The molecule has 0 heterocycles. The summed E-state index contributed by atoms with van der Waals surface area (Å²) in [4.78, 5) is 0. The van der Waals surface area contributed by atoms with Crippen molar-refractivity contribution in [2.45, 2.75) is 25.6 Å². The van der Waals surface area contributed by atoms with Crippen molar-refractivity contribution in [3.05, 3.63) is 0 Å². The van der Waals surface area contributed by atoms with E-state index in [2.05, 4.69) is 6.92 Å². The summed E-state index contributed by atoms with van der Waals surface area (Å²) in [5, 5.41) is 0.116. The number of hydrogen-bond donors (Lipinski definition) is 0. The first-order chi connectivity index (χ1) is 3.31. The van der Waals surface area contributed by atoms with Gasteiger partial charge in [-0.25, -0.2) is 5.73 Å². The largest absolute Gasteiger partial charge is 0.244 e. The number of nitrogens with one attached hydrogen (secondary N) is 1. The summed E-state index contributed by atoms with van der Waals surface area (Å²) in [6.45, 7) is 4.13. The van der Waals surface area contributed by atoms with E-state index in [0.29, 0.717) is 0 Å². The lowest BCUT2D eigenvalue weighted by molar-refractivity contribution is 0.844. The van der Waals surface area contributed by atoms with E-state index in [1.165, 1.54) is 0 Å². The van der Waals surface area contributed by atoms with Gasteiger partial charge in [-0.15, -0.1) is 11.8 Å². The van der Waals surface area contributed by atoms with Gasteiger partial charge in [-0.05, 0) is 12.2 Å². The van der Waals surface area contributed by atoms with Gasteiger partial charge in [0.1, 0.15) is 0 Å². The fourth-order valence-electron chi connectivity index (χ4n) is 0.319. The average Bonchev–Trinajstić information content (AvgIpc) is 1.68. The molecule has 0 saturated heterocycles. The van der Waals surface area contributed by atoms with E-state index < -0.39 is 0 Å². The van der Waals surface area contributed by atoms with Crippen molar-refractivity contribution in [3.8, 4) is 0 Å². The van der Waals surface area contributed by atoms with Crippen molar-refractivity contribution in [2.75, 3.05) is 5.75 Å². The molecule has 1 nitrogen and oxygen atoms in total. The van der Waals surface area contributed by atoms with Crippen LogP contribution in [-0.2, 0) is 0 Å². The molecule has 0 bridgehead atoms. The molecule has 7 heavy (non-hydrogen) atoms. The summed E-state index contributed by atoms with van der Waals surface area (Å²) in [6.07, 6.45) is 0.971. The molecule has 1 atom stereocenters. The first kappa shape index (κ1) is 7.31. The van der Waals surface area contributed by atoms with Gasteiger partial charge in [0.05, 0.1) is 5.37 Å². The van der Waals surface area contributed by atoms with Crippen LogP contribution in [0.4, 0.5) is 0 Å². The fraction of sp³-hybridized carbons (Fsp3) is 1.00. The second-order valence-electron chi connectivity index (χ2n) is 1.35. The average molecular weight is 118 g/mol. The van der Waals surface area contributed by atoms with Gasteiger partial charge in [0, 0.05) is 0 Å². The molecule has 0 aromatic heterocycles. The van der Waals surface area contributed by atoms with Crippen LogP contribution in [0.3, 0.4) is 0 Å². The molecule has 43 valence electrons. The minimum Gasteiger partial charge on any atom is -0.244 e. The van der Waals surface area contributed by atoms with Crippen molar-refractivity contribution >= 4 is 11.8 Å². The van der Waals surface area contributed by atoms with E-state index >= 15 is 0 Å². The van der Waals surface area contributed by atoms with Crippen LogP contribution in [0.2, 0.25) is 0 Å². The monoisotopic (exact) mass is 118 g/mol. The molecule has 1 unspecified atom stereocenters. The molecule has 0 amide bonds.